The van der Waals surface area contributed by atoms with Gasteiger partial charge in [0.05, 0.1) is 33.0 Å². The van der Waals surface area contributed by atoms with E-state index in [0.717, 1.165) is 27.1 Å². The Labute approximate surface area is 276 Å². The van der Waals surface area contributed by atoms with Gasteiger partial charge in [0.1, 0.15) is 29.9 Å². The summed E-state index contributed by atoms with van der Waals surface area (Å²) in [6.45, 7) is 2.11. The Kier molecular flexibility index (Phi) is 12.1. The summed E-state index contributed by atoms with van der Waals surface area (Å²) in [6.07, 6.45) is -1.62. The lowest BCUT2D eigenvalue weighted by atomic mass is 10.1. The van der Waals surface area contributed by atoms with Crippen molar-refractivity contribution >= 4 is 11.8 Å². The van der Waals surface area contributed by atoms with E-state index in [1.54, 1.807) is 11.8 Å². The van der Waals surface area contributed by atoms with E-state index in [4.69, 9.17) is 23.7 Å². The van der Waals surface area contributed by atoms with Crippen molar-refractivity contribution in [1.29, 1.82) is 0 Å². The summed E-state index contributed by atoms with van der Waals surface area (Å²) in [6, 6.07) is 51.2. The Hall–Kier alpha value is -3.75. The molecule has 5 atom stereocenters. The van der Waals surface area contributed by atoms with E-state index < -0.39 is 18.3 Å². The van der Waals surface area contributed by atoms with Crippen LogP contribution < -0.4 is 0 Å². The zero-order valence-electron chi connectivity index (χ0n) is 25.8. The molecule has 0 unspecified atom stereocenters. The SMILES string of the molecule is c1ccc(COC[C@@H](OCc2ccccc2)[C@H]2O[C@@H](Sc3ccccc3)[C@H](OCc3ccccc3)[C@H]2OCc2ccccc2)cc1. The highest BCUT2D eigenvalue weighted by Gasteiger charge is 2.50. The average molecular weight is 633 g/mol. The Morgan fingerprint density at radius 3 is 1.46 bits per heavy atom. The van der Waals surface area contributed by atoms with Crippen LogP contribution in [0.2, 0.25) is 0 Å². The zero-order valence-corrected chi connectivity index (χ0v) is 26.6. The molecule has 0 aromatic heterocycles. The van der Waals surface area contributed by atoms with Crippen LogP contribution in [0.3, 0.4) is 0 Å². The van der Waals surface area contributed by atoms with Crippen LogP contribution in [0.5, 0.6) is 0 Å². The van der Waals surface area contributed by atoms with E-state index in [0.29, 0.717) is 33.0 Å². The van der Waals surface area contributed by atoms with Crippen molar-refractivity contribution in [2.24, 2.45) is 0 Å². The molecular weight excluding hydrogens is 593 g/mol. The molecule has 0 amide bonds. The predicted octanol–water partition coefficient (Wildman–Crippen LogP) is 8.48. The van der Waals surface area contributed by atoms with Gasteiger partial charge in [0.25, 0.3) is 0 Å². The normalized spacial score (nSPS) is 20.0. The van der Waals surface area contributed by atoms with Crippen LogP contribution in [-0.4, -0.2) is 36.5 Å². The Morgan fingerprint density at radius 1 is 0.500 bits per heavy atom. The maximum atomic E-state index is 6.93. The standard InChI is InChI=1S/C40H40O5S/c1-6-16-31(17-7-1)26-41-30-36(42-27-32-18-8-2-9-19-32)37-38(43-28-33-20-10-3-11-21-33)39(44-29-34-22-12-4-13-23-34)40(45-37)46-35-24-14-5-15-25-35/h1-25,36-40H,26-30H2/t36-,37-,38+,39-,40+/m1/s1. The molecule has 6 heteroatoms. The van der Waals surface area contributed by atoms with Crippen LogP contribution >= 0.6 is 11.8 Å². The van der Waals surface area contributed by atoms with E-state index in [-0.39, 0.29) is 11.5 Å². The van der Waals surface area contributed by atoms with Gasteiger partial charge in [-0.15, -0.1) is 0 Å². The molecule has 1 fully saturated rings. The summed E-state index contributed by atoms with van der Waals surface area (Å²) in [5, 5.41) is 0. The number of hydrogen-bond acceptors (Lipinski definition) is 6. The molecule has 6 rings (SSSR count). The summed E-state index contributed by atoms with van der Waals surface area (Å²) in [4.78, 5) is 1.10. The smallest absolute Gasteiger partial charge is 0.137 e. The summed E-state index contributed by atoms with van der Waals surface area (Å²) in [7, 11) is 0. The molecule has 0 bridgehead atoms. The minimum atomic E-state index is -0.440. The first-order valence-electron chi connectivity index (χ1n) is 15.8. The fourth-order valence-electron chi connectivity index (χ4n) is 5.46. The van der Waals surface area contributed by atoms with Gasteiger partial charge in [-0.3, -0.25) is 0 Å². The van der Waals surface area contributed by atoms with Crippen LogP contribution in [0.25, 0.3) is 0 Å². The molecule has 5 nitrogen and oxygen atoms in total. The molecule has 0 aliphatic carbocycles. The Morgan fingerprint density at radius 2 is 0.935 bits per heavy atom. The largest absolute Gasteiger partial charge is 0.374 e. The second-order valence-corrected chi connectivity index (χ2v) is 12.4. The van der Waals surface area contributed by atoms with E-state index in [2.05, 4.69) is 60.7 Å². The predicted molar refractivity (Wildman–Crippen MR) is 182 cm³/mol. The fraction of sp³-hybridized carbons (Fsp3) is 0.250. The van der Waals surface area contributed by atoms with Crippen LogP contribution in [-0.2, 0) is 50.1 Å². The third-order valence-corrected chi connectivity index (χ3v) is 9.00. The van der Waals surface area contributed by atoms with Crippen molar-refractivity contribution in [3.05, 3.63) is 174 Å². The first kappa shape index (κ1) is 32.2. The molecule has 1 aliphatic rings. The van der Waals surface area contributed by atoms with Crippen LogP contribution in [0.15, 0.2) is 157 Å². The van der Waals surface area contributed by atoms with Crippen LogP contribution in [0.1, 0.15) is 22.3 Å². The molecule has 5 aromatic rings. The Bertz CT molecular complexity index is 1540. The molecule has 1 heterocycles. The molecule has 1 aliphatic heterocycles. The van der Waals surface area contributed by atoms with Crippen LogP contribution in [0, 0.1) is 0 Å². The van der Waals surface area contributed by atoms with Gasteiger partial charge in [0.15, 0.2) is 0 Å². The first-order valence-corrected chi connectivity index (χ1v) is 16.7. The molecule has 1 saturated heterocycles. The van der Waals surface area contributed by atoms with Crippen LogP contribution in [0.4, 0.5) is 0 Å². The van der Waals surface area contributed by atoms with Gasteiger partial charge >= 0.3 is 0 Å². The summed E-state index contributed by atoms with van der Waals surface area (Å²) in [5.74, 6) is 0. The number of hydrogen-bond donors (Lipinski definition) is 0. The van der Waals surface area contributed by atoms with Gasteiger partial charge in [-0.2, -0.15) is 0 Å². The summed E-state index contributed by atoms with van der Waals surface area (Å²) < 4.78 is 33.4. The van der Waals surface area contributed by atoms with Crippen molar-refractivity contribution in [2.45, 2.75) is 61.2 Å². The number of rotatable bonds is 16. The third kappa shape index (κ3) is 9.39. The van der Waals surface area contributed by atoms with E-state index in [9.17, 15) is 0 Å². The summed E-state index contributed by atoms with van der Waals surface area (Å²) in [5.41, 5.74) is 4.05. The monoisotopic (exact) mass is 632 g/mol. The highest BCUT2D eigenvalue weighted by molar-refractivity contribution is 7.99. The van der Waals surface area contributed by atoms with Crippen molar-refractivity contribution in [1.82, 2.24) is 0 Å². The maximum absolute atomic E-state index is 6.93. The fourth-order valence-corrected chi connectivity index (χ4v) is 6.59. The number of benzene rings is 5. The zero-order chi connectivity index (χ0) is 31.2. The lowest BCUT2D eigenvalue weighted by molar-refractivity contribution is -0.138. The third-order valence-electron chi connectivity index (χ3n) is 7.84. The molecular formula is C40H40O5S. The topological polar surface area (TPSA) is 46.2 Å². The molecule has 0 saturated carbocycles. The molecule has 236 valence electrons. The van der Waals surface area contributed by atoms with Crippen molar-refractivity contribution in [2.75, 3.05) is 6.61 Å². The molecule has 0 N–H and O–H groups in total. The highest BCUT2D eigenvalue weighted by Crippen LogP contribution is 2.40. The van der Waals surface area contributed by atoms with Gasteiger partial charge < -0.3 is 23.7 Å². The molecule has 46 heavy (non-hydrogen) atoms. The molecule has 0 radical (unpaired) electrons. The lowest BCUT2D eigenvalue weighted by Gasteiger charge is -2.29. The number of thioether (sulfide) groups is 1. The minimum Gasteiger partial charge on any atom is -0.374 e. The first-order chi connectivity index (χ1) is 22.8. The van der Waals surface area contributed by atoms with Gasteiger partial charge in [0, 0.05) is 4.90 Å². The maximum Gasteiger partial charge on any atom is 0.137 e. The van der Waals surface area contributed by atoms with Crippen molar-refractivity contribution in [3.8, 4) is 0 Å². The summed E-state index contributed by atoms with van der Waals surface area (Å²) >= 11 is 1.65. The quantitative estimate of drug-likeness (QED) is 0.109. The molecule has 5 aromatic carbocycles. The van der Waals surface area contributed by atoms with E-state index in [1.165, 1.54) is 0 Å². The second-order valence-electron chi connectivity index (χ2n) is 11.3. The van der Waals surface area contributed by atoms with Crippen molar-refractivity contribution < 1.29 is 23.7 Å². The second kappa shape index (κ2) is 17.2. The van der Waals surface area contributed by atoms with E-state index in [1.807, 2.05) is 91.0 Å². The minimum absolute atomic E-state index is 0.325. The van der Waals surface area contributed by atoms with Gasteiger partial charge in [-0.25, -0.2) is 0 Å². The Balaban J connectivity index is 1.28. The highest BCUT2D eigenvalue weighted by atomic mass is 32.2. The van der Waals surface area contributed by atoms with E-state index >= 15 is 0 Å². The lowest BCUT2D eigenvalue weighted by Crippen LogP contribution is -2.44. The van der Waals surface area contributed by atoms with Gasteiger partial charge in [-0.1, -0.05) is 151 Å². The van der Waals surface area contributed by atoms with Gasteiger partial charge in [0.2, 0.25) is 0 Å². The number of ether oxygens (including phenoxy) is 5. The van der Waals surface area contributed by atoms with Crippen molar-refractivity contribution in [3.63, 3.8) is 0 Å². The average Bonchev–Trinajstić information content (AvgIpc) is 3.46. The van der Waals surface area contributed by atoms with Gasteiger partial charge in [-0.05, 0) is 34.4 Å². The molecule has 0 spiro atoms.